The molecule has 2 N–H and O–H groups in total. The Labute approximate surface area is 392 Å². The number of ether oxygens (including phenoxy) is 2. The van der Waals surface area contributed by atoms with Crippen molar-refractivity contribution < 1.29 is 19.1 Å². The molecule has 0 spiro atoms. The first-order valence-electron chi connectivity index (χ1n) is 24.9. The summed E-state index contributed by atoms with van der Waals surface area (Å²) in [4.78, 5) is 43.6. The van der Waals surface area contributed by atoms with Crippen molar-refractivity contribution >= 4 is 58.3 Å². The van der Waals surface area contributed by atoms with E-state index in [4.69, 9.17) is 19.4 Å². The number of aryl methyl sites for hydroxylation is 2. The van der Waals surface area contributed by atoms with Crippen molar-refractivity contribution in [1.82, 2.24) is 19.9 Å². The van der Waals surface area contributed by atoms with E-state index >= 15 is 0 Å². The fourth-order valence-electron chi connectivity index (χ4n) is 9.46. The first-order chi connectivity index (χ1) is 32.4. The lowest BCUT2D eigenvalue weighted by Gasteiger charge is -2.08. The normalized spacial score (nSPS) is 11.9. The third-order valence-corrected chi connectivity index (χ3v) is 13.2. The van der Waals surface area contributed by atoms with Crippen LogP contribution >= 0.6 is 0 Å². The number of esters is 2. The standard InChI is InChI=1S/C58H70N4O4/c1-5-7-9-11-13-15-17-19-21-23-45-47-33-34-48(59-47)46(24-22-20-18-16-14-12-10-8-6-2)50-36-38-52(61-50)56(42-27-31-44(32-28-42)58(64)66-4)54-40-39-53(62-54)55(51-37-35-49(45)60-51)41-25-29-43(30-26-41)57(63)65-3/h25-40,59,62H,5-24H2,1-4H3. The van der Waals surface area contributed by atoms with Crippen LogP contribution in [-0.2, 0) is 22.3 Å². The van der Waals surface area contributed by atoms with Crippen LogP contribution in [0.1, 0.15) is 184 Å². The maximum absolute atomic E-state index is 12.5. The van der Waals surface area contributed by atoms with Gasteiger partial charge in [0, 0.05) is 44.3 Å². The van der Waals surface area contributed by atoms with Gasteiger partial charge in [0.05, 0.1) is 48.1 Å². The molecule has 8 heteroatoms. The lowest BCUT2D eigenvalue weighted by Crippen LogP contribution is -2.00. The number of nitrogens with zero attached hydrogens (tertiary/aromatic N) is 2. The van der Waals surface area contributed by atoms with Crippen molar-refractivity contribution in [2.45, 2.75) is 142 Å². The molecule has 66 heavy (non-hydrogen) atoms. The zero-order valence-corrected chi connectivity index (χ0v) is 39.9. The molecule has 8 nitrogen and oxygen atoms in total. The van der Waals surface area contributed by atoms with Gasteiger partial charge >= 0.3 is 11.9 Å². The Morgan fingerprint density at radius 3 is 1.09 bits per heavy atom. The minimum absolute atomic E-state index is 0.380. The van der Waals surface area contributed by atoms with Crippen LogP contribution in [0.4, 0.5) is 0 Å². The maximum Gasteiger partial charge on any atom is 0.337 e. The second-order valence-corrected chi connectivity index (χ2v) is 18.0. The van der Waals surface area contributed by atoms with Gasteiger partial charge in [-0.3, -0.25) is 0 Å². The molecule has 5 aromatic rings. The molecular weight excluding hydrogens is 817 g/mol. The van der Waals surface area contributed by atoms with Gasteiger partial charge in [-0.15, -0.1) is 0 Å². The van der Waals surface area contributed by atoms with Crippen LogP contribution in [-0.4, -0.2) is 46.1 Å². The van der Waals surface area contributed by atoms with Gasteiger partial charge in [-0.2, -0.15) is 0 Å². The van der Waals surface area contributed by atoms with Crippen LogP contribution in [0.2, 0.25) is 0 Å². The third kappa shape index (κ3) is 12.2. The molecule has 0 radical (unpaired) electrons. The van der Waals surface area contributed by atoms with E-state index in [2.05, 4.69) is 72.4 Å². The van der Waals surface area contributed by atoms with E-state index in [0.29, 0.717) is 11.1 Å². The molecule has 2 aliphatic rings. The fourth-order valence-corrected chi connectivity index (χ4v) is 9.46. The minimum Gasteiger partial charge on any atom is -0.465 e. The zero-order valence-electron chi connectivity index (χ0n) is 39.9. The summed E-state index contributed by atoms with van der Waals surface area (Å²) in [5, 5.41) is 0. The van der Waals surface area contributed by atoms with E-state index in [1.807, 2.05) is 24.3 Å². The van der Waals surface area contributed by atoms with Crippen molar-refractivity contribution in [2.75, 3.05) is 14.2 Å². The molecule has 0 atom stereocenters. The number of hydrogen-bond donors (Lipinski definition) is 2. The SMILES string of the molecule is CCCCCCCCCCCc1c2nc(c(-c3ccc(C(=O)OC)cc3)c3ccc([nH]3)c(-c3ccc(C(=O)OC)cc3)c3nc(c(CCCCCCCCCCC)c4ccc1[nH]4)C=C3)C=C2. The molecule has 2 aliphatic heterocycles. The number of aromatic amines is 2. The Balaban J connectivity index is 1.38. The molecule has 346 valence electrons. The highest BCUT2D eigenvalue weighted by Crippen LogP contribution is 2.36. The summed E-state index contributed by atoms with van der Waals surface area (Å²) < 4.78 is 10.1. The second-order valence-electron chi connectivity index (χ2n) is 18.0. The highest BCUT2D eigenvalue weighted by Gasteiger charge is 2.19. The van der Waals surface area contributed by atoms with Gasteiger partial charge in [0.15, 0.2) is 0 Å². The molecule has 8 bridgehead atoms. The summed E-state index contributed by atoms with van der Waals surface area (Å²) in [5.41, 5.74) is 14.6. The smallest absolute Gasteiger partial charge is 0.337 e. The molecule has 0 aliphatic carbocycles. The van der Waals surface area contributed by atoms with Crippen LogP contribution in [0.25, 0.3) is 68.6 Å². The third-order valence-electron chi connectivity index (χ3n) is 13.2. The number of methoxy groups -OCH3 is 2. The van der Waals surface area contributed by atoms with E-state index in [0.717, 1.165) is 92.8 Å². The Morgan fingerprint density at radius 1 is 0.409 bits per heavy atom. The van der Waals surface area contributed by atoms with Crippen LogP contribution < -0.4 is 0 Å². The molecule has 0 unspecified atom stereocenters. The van der Waals surface area contributed by atoms with Crippen LogP contribution in [0.5, 0.6) is 0 Å². The van der Waals surface area contributed by atoms with Crippen molar-refractivity contribution in [3.05, 3.63) is 118 Å². The molecule has 3 aromatic heterocycles. The Morgan fingerprint density at radius 2 is 0.727 bits per heavy atom. The number of fused-ring (bicyclic) bond motifs is 8. The van der Waals surface area contributed by atoms with E-state index in [1.54, 1.807) is 24.3 Å². The molecule has 7 rings (SSSR count). The first kappa shape index (κ1) is 47.9. The fraction of sp³-hybridized carbons (Fsp3) is 0.414. The summed E-state index contributed by atoms with van der Waals surface area (Å²) in [6, 6.07) is 23.8. The molecule has 0 amide bonds. The molecule has 5 heterocycles. The van der Waals surface area contributed by atoms with E-state index < -0.39 is 0 Å². The van der Waals surface area contributed by atoms with Crippen molar-refractivity contribution in [3.63, 3.8) is 0 Å². The van der Waals surface area contributed by atoms with Gasteiger partial charge in [-0.05, 0) is 110 Å². The number of nitrogens with one attached hydrogen (secondary N) is 2. The van der Waals surface area contributed by atoms with Gasteiger partial charge in [0.1, 0.15) is 0 Å². The number of rotatable bonds is 24. The number of aromatic nitrogens is 4. The summed E-state index contributed by atoms with van der Waals surface area (Å²) in [5.74, 6) is -0.761. The molecular formula is C58H70N4O4. The van der Waals surface area contributed by atoms with Gasteiger partial charge in [-0.1, -0.05) is 141 Å². The Hall–Kier alpha value is -6.02. The van der Waals surface area contributed by atoms with Crippen molar-refractivity contribution in [1.29, 1.82) is 0 Å². The number of unbranched alkanes of at least 4 members (excludes halogenated alkanes) is 16. The summed E-state index contributed by atoms with van der Waals surface area (Å²) in [7, 11) is 2.80. The lowest BCUT2D eigenvalue weighted by molar-refractivity contribution is 0.0592. The van der Waals surface area contributed by atoms with Gasteiger partial charge < -0.3 is 19.4 Å². The predicted molar refractivity (Wildman–Crippen MR) is 274 cm³/mol. The van der Waals surface area contributed by atoms with Gasteiger partial charge in [0.2, 0.25) is 0 Å². The average Bonchev–Trinajstić information content (AvgIpc) is 4.20. The molecule has 0 saturated heterocycles. The highest BCUT2D eigenvalue weighted by molar-refractivity contribution is 5.97. The van der Waals surface area contributed by atoms with Crippen molar-refractivity contribution in [3.8, 4) is 22.3 Å². The van der Waals surface area contributed by atoms with E-state index in [-0.39, 0.29) is 11.9 Å². The number of hydrogen-bond acceptors (Lipinski definition) is 6. The number of H-pyrrole nitrogens is 2. The topological polar surface area (TPSA) is 110 Å². The van der Waals surface area contributed by atoms with Gasteiger partial charge in [-0.25, -0.2) is 19.6 Å². The summed E-state index contributed by atoms with van der Waals surface area (Å²) in [6.07, 6.45) is 33.3. The molecule has 0 fully saturated rings. The quantitative estimate of drug-likeness (QED) is 0.0462. The average molecular weight is 887 g/mol. The monoisotopic (exact) mass is 887 g/mol. The van der Waals surface area contributed by atoms with Gasteiger partial charge in [0.25, 0.3) is 0 Å². The predicted octanol–water partition coefficient (Wildman–Crippen LogP) is 15.7. The largest absolute Gasteiger partial charge is 0.465 e. The Bertz CT molecular complexity index is 2450. The summed E-state index contributed by atoms with van der Waals surface area (Å²) in [6.45, 7) is 4.55. The van der Waals surface area contributed by atoms with Crippen LogP contribution in [0, 0.1) is 0 Å². The van der Waals surface area contributed by atoms with E-state index in [9.17, 15) is 9.59 Å². The zero-order chi connectivity index (χ0) is 46.1. The maximum atomic E-state index is 12.5. The first-order valence-corrected chi connectivity index (χ1v) is 24.9. The summed E-state index contributed by atoms with van der Waals surface area (Å²) >= 11 is 0. The molecule has 2 aromatic carbocycles. The number of benzene rings is 2. The van der Waals surface area contributed by atoms with Crippen LogP contribution in [0.15, 0.2) is 72.8 Å². The van der Waals surface area contributed by atoms with E-state index in [1.165, 1.54) is 128 Å². The minimum atomic E-state index is -0.380. The second kappa shape index (κ2) is 24.5. The lowest BCUT2D eigenvalue weighted by atomic mass is 10.0. The van der Waals surface area contributed by atoms with Crippen molar-refractivity contribution in [2.24, 2.45) is 0 Å². The highest BCUT2D eigenvalue weighted by atomic mass is 16.5. The number of carbonyl (C=O) groups is 2. The number of carbonyl (C=O) groups excluding carboxylic acids is 2. The Kier molecular flexibility index (Phi) is 17.8. The molecule has 0 saturated carbocycles. The van der Waals surface area contributed by atoms with Crippen LogP contribution in [0.3, 0.4) is 0 Å².